The molecule has 1 fully saturated rings. The third-order valence-electron chi connectivity index (χ3n) is 5.62. The largest absolute Gasteiger partial charge is 0.508 e. The second-order valence-corrected chi connectivity index (χ2v) is 8.99. The number of thiocarbonyl (C=S) groups is 1. The summed E-state index contributed by atoms with van der Waals surface area (Å²) in [6.07, 6.45) is 3.59. The van der Waals surface area contributed by atoms with E-state index in [1.165, 1.54) is 19.3 Å². The number of rotatable bonds is 4. The first-order chi connectivity index (χ1) is 14.4. The lowest BCUT2D eigenvalue weighted by Crippen LogP contribution is -2.47. The van der Waals surface area contributed by atoms with E-state index in [1.54, 1.807) is 24.3 Å². The van der Waals surface area contributed by atoms with Crippen LogP contribution in [-0.2, 0) is 0 Å². The van der Waals surface area contributed by atoms with Gasteiger partial charge in [0, 0.05) is 24.0 Å². The molecule has 2 heterocycles. The molecule has 0 amide bonds. The maximum atomic E-state index is 9.73. The predicted molar refractivity (Wildman–Crippen MR) is 128 cm³/mol. The normalized spacial score (nSPS) is 22.1. The molecule has 0 saturated carbocycles. The SMILES string of the molecule is C[C@H]1C(C(=S)NN2CCCCC2)=NN(c2ccc(Cl)cc2Cl)[C@H]1c1ccc(O)cc1. The Morgan fingerprint density at radius 3 is 2.47 bits per heavy atom. The molecule has 2 N–H and O–H groups in total. The fraction of sp³-hybridized carbons (Fsp3) is 0.364. The molecule has 4 rings (SSSR count). The van der Waals surface area contributed by atoms with Crippen molar-refractivity contribution in [2.45, 2.75) is 32.2 Å². The van der Waals surface area contributed by atoms with Gasteiger partial charge in [-0.05, 0) is 48.7 Å². The molecule has 0 spiro atoms. The summed E-state index contributed by atoms with van der Waals surface area (Å²) in [5, 5.41) is 19.8. The average molecular weight is 463 g/mol. The highest BCUT2D eigenvalue weighted by atomic mass is 35.5. The van der Waals surface area contributed by atoms with Crippen LogP contribution in [0, 0.1) is 5.92 Å². The number of nitrogens with one attached hydrogen (secondary N) is 1. The molecule has 0 aliphatic carbocycles. The molecule has 1 saturated heterocycles. The minimum absolute atomic E-state index is 0.0195. The van der Waals surface area contributed by atoms with Crippen LogP contribution in [0.3, 0.4) is 0 Å². The Balaban J connectivity index is 1.68. The fourth-order valence-corrected chi connectivity index (χ4v) is 4.91. The fourth-order valence-electron chi connectivity index (χ4n) is 4.06. The van der Waals surface area contributed by atoms with Crippen LogP contribution in [0.5, 0.6) is 5.75 Å². The topological polar surface area (TPSA) is 51.1 Å². The smallest absolute Gasteiger partial charge is 0.137 e. The van der Waals surface area contributed by atoms with Crippen LogP contribution < -0.4 is 10.4 Å². The Hall–Kier alpha value is -1.86. The van der Waals surface area contributed by atoms with Gasteiger partial charge in [-0.2, -0.15) is 5.10 Å². The summed E-state index contributed by atoms with van der Waals surface area (Å²) in [5.41, 5.74) is 5.99. The Morgan fingerprint density at radius 1 is 1.10 bits per heavy atom. The molecule has 0 unspecified atom stereocenters. The number of hydrogen-bond acceptors (Lipinski definition) is 5. The number of anilines is 1. The maximum absolute atomic E-state index is 9.73. The molecule has 0 radical (unpaired) electrons. The van der Waals surface area contributed by atoms with Gasteiger partial charge in [0.15, 0.2) is 0 Å². The van der Waals surface area contributed by atoms with E-state index in [1.807, 2.05) is 23.2 Å². The van der Waals surface area contributed by atoms with Gasteiger partial charge in [-0.25, -0.2) is 5.01 Å². The lowest BCUT2D eigenvalue weighted by atomic mass is 9.91. The molecule has 2 aromatic carbocycles. The van der Waals surface area contributed by atoms with Crippen LogP contribution in [0.4, 0.5) is 5.69 Å². The molecule has 158 valence electrons. The zero-order valence-electron chi connectivity index (χ0n) is 16.7. The molecule has 30 heavy (non-hydrogen) atoms. The van der Waals surface area contributed by atoms with Gasteiger partial charge < -0.3 is 10.5 Å². The number of nitrogens with zero attached hydrogens (tertiary/aromatic N) is 3. The molecule has 8 heteroatoms. The molecule has 0 aromatic heterocycles. The number of hydrogen-bond donors (Lipinski definition) is 2. The zero-order chi connectivity index (χ0) is 21.3. The Bertz CT molecular complexity index is 960. The summed E-state index contributed by atoms with van der Waals surface area (Å²) >= 11 is 18.4. The van der Waals surface area contributed by atoms with E-state index in [2.05, 4.69) is 17.4 Å². The van der Waals surface area contributed by atoms with E-state index < -0.39 is 0 Å². The number of phenolic OH excluding ortho intramolecular Hbond substituents is 1. The molecule has 5 nitrogen and oxygen atoms in total. The van der Waals surface area contributed by atoms with Crippen molar-refractivity contribution in [3.63, 3.8) is 0 Å². The molecule has 2 aromatic rings. The summed E-state index contributed by atoms with van der Waals surface area (Å²) in [6.45, 7) is 4.08. The van der Waals surface area contributed by atoms with E-state index in [0.29, 0.717) is 15.0 Å². The second-order valence-electron chi connectivity index (χ2n) is 7.74. The van der Waals surface area contributed by atoms with Gasteiger partial charge in [0.25, 0.3) is 0 Å². The van der Waals surface area contributed by atoms with E-state index in [-0.39, 0.29) is 17.7 Å². The summed E-state index contributed by atoms with van der Waals surface area (Å²) in [6, 6.07) is 12.5. The summed E-state index contributed by atoms with van der Waals surface area (Å²) in [5.74, 6) is 0.245. The minimum Gasteiger partial charge on any atom is -0.508 e. The number of aromatic hydroxyl groups is 1. The van der Waals surface area contributed by atoms with Gasteiger partial charge >= 0.3 is 0 Å². The Labute approximate surface area is 192 Å². The number of hydrazone groups is 1. The van der Waals surface area contributed by atoms with Gasteiger partial charge in [-0.3, -0.25) is 5.01 Å². The van der Waals surface area contributed by atoms with Gasteiger partial charge in [0.2, 0.25) is 0 Å². The van der Waals surface area contributed by atoms with Crippen LogP contribution in [0.15, 0.2) is 47.6 Å². The van der Waals surface area contributed by atoms with E-state index in [9.17, 15) is 5.11 Å². The molecule has 2 aliphatic rings. The van der Waals surface area contributed by atoms with Crippen LogP contribution in [0.25, 0.3) is 0 Å². The third kappa shape index (κ3) is 4.42. The molecule has 2 aliphatic heterocycles. The average Bonchev–Trinajstić information content (AvgIpc) is 3.06. The first kappa shape index (κ1) is 21.4. The standard InChI is InChI=1S/C22H24Cl2N4OS/c1-14-20(22(30)26-27-11-3-2-4-12-27)25-28(19-10-7-16(23)13-18(19)24)21(14)15-5-8-17(29)9-6-15/h5-10,13-14,21,29H,2-4,11-12H2,1H3,(H,26,30)/t14-,21+/m0/s1. The Morgan fingerprint density at radius 2 is 1.80 bits per heavy atom. The quantitative estimate of drug-likeness (QED) is 0.581. The maximum Gasteiger partial charge on any atom is 0.137 e. The second kappa shape index (κ2) is 9.10. The van der Waals surface area contributed by atoms with Crippen molar-refractivity contribution in [3.8, 4) is 5.75 Å². The van der Waals surface area contributed by atoms with Crippen molar-refractivity contribution in [1.82, 2.24) is 10.4 Å². The third-order valence-corrected chi connectivity index (χ3v) is 6.46. The molecule has 0 bridgehead atoms. The summed E-state index contributed by atoms with van der Waals surface area (Å²) < 4.78 is 0. The van der Waals surface area contributed by atoms with Crippen molar-refractivity contribution in [2.75, 3.05) is 18.1 Å². The van der Waals surface area contributed by atoms with Gasteiger partial charge in [-0.1, -0.05) is 60.9 Å². The van der Waals surface area contributed by atoms with Crippen LogP contribution in [-0.4, -0.2) is 33.9 Å². The highest BCUT2D eigenvalue weighted by Gasteiger charge is 2.39. The minimum atomic E-state index is -0.111. The lowest BCUT2D eigenvalue weighted by Gasteiger charge is -2.29. The van der Waals surface area contributed by atoms with Gasteiger partial charge in [-0.15, -0.1) is 0 Å². The lowest BCUT2D eigenvalue weighted by molar-refractivity contribution is 0.197. The van der Waals surface area contributed by atoms with E-state index in [0.717, 1.165) is 30.1 Å². The number of piperidine rings is 1. The van der Waals surface area contributed by atoms with Crippen molar-refractivity contribution >= 4 is 51.8 Å². The van der Waals surface area contributed by atoms with Gasteiger partial charge in [0.1, 0.15) is 16.4 Å². The summed E-state index contributed by atoms with van der Waals surface area (Å²) in [7, 11) is 0. The van der Waals surface area contributed by atoms with Gasteiger partial charge in [0.05, 0.1) is 16.8 Å². The number of benzene rings is 2. The number of hydrazine groups is 1. The van der Waals surface area contributed by atoms with E-state index >= 15 is 0 Å². The molecular formula is C22H24Cl2N4OS. The predicted octanol–water partition coefficient (Wildman–Crippen LogP) is 5.57. The monoisotopic (exact) mass is 462 g/mol. The molecular weight excluding hydrogens is 439 g/mol. The van der Waals surface area contributed by atoms with Crippen molar-refractivity contribution in [2.24, 2.45) is 11.0 Å². The van der Waals surface area contributed by atoms with Crippen LogP contribution in [0.1, 0.15) is 37.8 Å². The first-order valence-electron chi connectivity index (χ1n) is 10.1. The first-order valence-corrected chi connectivity index (χ1v) is 11.3. The number of halogens is 2. The zero-order valence-corrected chi connectivity index (χ0v) is 19.0. The van der Waals surface area contributed by atoms with Crippen molar-refractivity contribution in [1.29, 1.82) is 0 Å². The molecule has 2 atom stereocenters. The summed E-state index contributed by atoms with van der Waals surface area (Å²) in [4.78, 5) is 0.640. The highest BCUT2D eigenvalue weighted by Crippen LogP contribution is 2.42. The Kier molecular flexibility index (Phi) is 6.48. The highest BCUT2D eigenvalue weighted by molar-refractivity contribution is 7.82. The van der Waals surface area contributed by atoms with Crippen molar-refractivity contribution < 1.29 is 5.11 Å². The van der Waals surface area contributed by atoms with Crippen molar-refractivity contribution in [3.05, 3.63) is 58.1 Å². The van der Waals surface area contributed by atoms with Crippen LogP contribution in [0.2, 0.25) is 10.0 Å². The number of phenols is 1. The van der Waals surface area contributed by atoms with Crippen LogP contribution >= 0.6 is 35.4 Å². The van der Waals surface area contributed by atoms with E-state index in [4.69, 9.17) is 40.5 Å².